The van der Waals surface area contributed by atoms with Gasteiger partial charge in [-0.25, -0.2) is 9.97 Å². The van der Waals surface area contributed by atoms with Gasteiger partial charge in [0, 0.05) is 24.6 Å². The Labute approximate surface area is 111 Å². The number of para-hydroxylation sites is 1. The minimum atomic E-state index is 0.392. The molecule has 2 N–H and O–H groups in total. The molecule has 0 saturated carbocycles. The number of nitrogens with two attached hydrogens (primary N) is 1. The van der Waals surface area contributed by atoms with E-state index in [-0.39, 0.29) is 0 Å². The van der Waals surface area contributed by atoms with Crippen LogP contribution < -0.4 is 10.6 Å². The lowest BCUT2D eigenvalue weighted by Gasteiger charge is -2.29. The molecule has 0 bridgehead atoms. The van der Waals surface area contributed by atoms with Crippen LogP contribution in [0.15, 0.2) is 47.7 Å². The number of benzene rings is 1. The zero-order chi connectivity index (χ0) is 13.1. The maximum absolute atomic E-state index is 6.09. The molecular formula is C14H15N5. The van der Waals surface area contributed by atoms with Crippen LogP contribution in [0.4, 0.5) is 11.6 Å². The lowest BCUT2D eigenvalue weighted by atomic mass is 10.0. The Morgan fingerprint density at radius 1 is 1.16 bits per heavy atom. The van der Waals surface area contributed by atoms with Crippen molar-refractivity contribution in [2.24, 2.45) is 10.7 Å². The van der Waals surface area contributed by atoms with Gasteiger partial charge >= 0.3 is 0 Å². The highest BCUT2D eigenvalue weighted by molar-refractivity contribution is 5.97. The summed E-state index contributed by atoms with van der Waals surface area (Å²) in [4.78, 5) is 14.4. The second kappa shape index (κ2) is 5.06. The summed E-state index contributed by atoms with van der Waals surface area (Å²) in [6, 6.07) is 10.0. The molecule has 1 aliphatic heterocycles. The van der Waals surface area contributed by atoms with E-state index in [0.717, 1.165) is 25.1 Å². The number of hydrogen-bond acceptors (Lipinski definition) is 3. The van der Waals surface area contributed by atoms with Crippen molar-refractivity contribution < 1.29 is 0 Å². The van der Waals surface area contributed by atoms with E-state index in [1.165, 1.54) is 5.56 Å². The van der Waals surface area contributed by atoms with Gasteiger partial charge in [0.25, 0.3) is 5.95 Å². The minimum absolute atomic E-state index is 0.392. The summed E-state index contributed by atoms with van der Waals surface area (Å²) in [6.07, 6.45) is 5.47. The summed E-state index contributed by atoms with van der Waals surface area (Å²) in [6.45, 7) is 0.874. The van der Waals surface area contributed by atoms with E-state index in [1.807, 2.05) is 11.0 Å². The molecule has 5 nitrogen and oxygen atoms in total. The molecule has 2 aromatic rings. The van der Waals surface area contributed by atoms with Gasteiger partial charge in [-0.3, -0.25) is 0 Å². The third kappa shape index (κ3) is 2.40. The molecule has 0 spiro atoms. The smallest absolute Gasteiger partial charge is 0.252 e. The van der Waals surface area contributed by atoms with Gasteiger partial charge in [-0.1, -0.05) is 18.2 Å². The van der Waals surface area contributed by atoms with Crippen molar-refractivity contribution in [1.82, 2.24) is 9.97 Å². The first-order chi connectivity index (χ1) is 9.34. The summed E-state index contributed by atoms with van der Waals surface area (Å²) < 4.78 is 0. The summed E-state index contributed by atoms with van der Waals surface area (Å²) in [7, 11) is 0. The second-order valence-electron chi connectivity index (χ2n) is 4.40. The first-order valence-electron chi connectivity index (χ1n) is 6.31. The summed E-state index contributed by atoms with van der Waals surface area (Å²) in [5, 5.41) is 0. The molecule has 1 aromatic carbocycles. The topological polar surface area (TPSA) is 67.4 Å². The Hall–Kier alpha value is -2.43. The molecule has 0 radical (unpaired) electrons. The van der Waals surface area contributed by atoms with Gasteiger partial charge in [0.15, 0.2) is 0 Å². The van der Waals surface area contributed by atoms with E-state index < -0.39 is 0 Å². The third-order valence-corrected chi connectivity index (χ3v) is 3.15. The zero-order valence-electron chi connectivity index (χ0n) is 10.5. The normalized spacial score (nSPS) is 15.2. The summed E-state index contributed by atoms with van der Waals surface area (Å²) in [5.41, 5.74) is 8.53. The van der Waals surface area contributed by atoms with Crippen molar-refractivity contribution in [3.05, 3.63) is 48.3 Å². The fourth-order valence-electron chi connectivity index (χ4n) is 2.28. The third-order valence-electron chi connectivity index (χ3n) is 3.15. The monoisotopic (exact) mass is 253 g/mol. The van der Waals surface area contributed by atoms with E-state index >= 15 is 0 Å². The quantitative estimate of drug-likeness (QED) is 0.622. The van der Waals surface area contributed by atoms with Gasteiger partial charge in [-0.2, -0.15) is 4.99 Å². The molecule has 1 aromatic heterocycles. The number of hydrogen-bond donors (Lipinski definition) is 1. The lowest BCUT2D eigenvalue weighted by molar-refractivity contribution is 0.774. The summed E-state index contributed by atoms with van der Waals surface area (Å²) in [5.74, 6) is 0.835. The molecule has 0 fully saturated rings. The molecule has 0 amide bonds. The predicted molar refractivity (Wildman–Crippen MR) is 75.4 cm³/mol. The number of aryl methyl sites for hydroxylation is 1. The Morgan fingerprint density at radius 3 is 2.79 bits per heavy atom. The van der Waals surface area contributed by atoms with E-state index in [9.17, 15) is 0 Å². The van der Waals surface area contributed by atoms with Crippen LogP contribution in [0.3, 0.4) is 0 Å². The van der Waals surface area contributed by atoms with Crippen molar-refractivity contribution in [2.75, 3.05) is 11.4 Å². The first-order valence-corrected chi connectivity index (χ1v) is 6.31. The van der Waals surface area contributed by atoms with Crippen LogP contribution >= 0.6 is 0 Å². The average molecular weight is 253 g/mol. The number of guanidine groups is 1. The molecule has 19 heavy (non-hydrogen) atoms. The summed E-state index contributed by atoms with van der Waals surface area (Å²) >= 11 is 0. The number of anilines is 1. The van der Waals surface area contributed by atoms with Gasteiger partial charge in [0.05, 0.1) is 0 Å². The maximum atomic E-state index is 6.09. The number of nitrogens with zero attached hydrogens (tertiary/aromatic N) is 4. The van der Waals surface area contributed by atoms with E-state index in [4.69, 9.17) is 5.73 Å². The lowest BCUT2D eigenvalue weighted by Crippen LogP contribution is -2.40. The highest BCUT2D eigenvalue weighted by Crippen LogP contribution is 2.26. The Balaban J connectivity index is 1.93. The van der Waals surface area contributed by atoms with Gasteiger partial charge in [-0.05, 0) is 30.5 Å². The van der Waals surface area contributed by atoms with Crippen molar-refractivity contribution in [3.63, 3.8) is 0 Å². The van der Waals surface area contributed by atoms with Crippen LogP contribution in [0.2, 0.25) is 0 Å². The van der Waals surface area contributed by atoms with Gasteiger partial charge < -0.3 is 10.6 Å². The molecule has 0 aliphatic carbocycles. The zero-order valence-corrected chi connectivity index (χ0v) is 10.5. The largest absolute Gasteiger partial charge is 0.369 e. The van der Waals surface area contributed by atoms with Crippen LogP contribution in [-0.4, -0.2) is 22.5 Å². The van der Waals surface area contributed by atoms with Gasteiger partial charge in [-0.15, -0.1) is 0 Å². The highest BCUT2D eigenvalue weighted by Gasteiger charge is 2.18. The Kier molecular flexibility index (Phi) is 3.10. The van der Waals surface area contributed by atoms with Gasteiger partial charge in [0.2, 0.25) is 5.96 Å². The minimum Gasteiger partial charge on any atom is -0.369 e. The van der Waals surface area contributed by atoms with E-state index in [1.54, 1.807) is 18.5 Å². The highest BCUT2D eigenvalue weighted by atomic mass is 15.3. The number of fused-ring (bicyclic) bond motifs is 1. The van der Waals surface area contributed by atoms with Crippen molar-refractivity contribution >= 4 is 17.6 Å². The molecule has 2 heterocycles. The molecule has 1 aliphatic rings. The Morgan fingerprint density at radius 2 is 1.95 bits per heavy atom. The standard InChI is InChI=1S/C14H15N5/c15-13(18-14-16-8-4-9-17-14)19-10-3-6-11-5-1-2-7-12(11)19/h1-2,4-5,7-9H,3,6,10H2,(H2,15,16,17,18). The molecule has 0 atom stereocenters. The fraction of sp³-hybridized carbons (Fsp3) is 0.214. The fourth-order valence-corrected chi connectivity index (χ4v) is 2.28. The van der Waals surface area contributed by atoms with Crippen molar-refractivity contribution in [1.29, 1.82) is 0 Å². The van der Waals surface area contributed by atoms with E-state index in [2.05, 4.69) is 33.2 Å². The molecule has 5 heteroatoms. The Bertz CT molecular complexity index is 594. The van der Waals surface area contributed by atoms with E-state index in [0.29, 0.717) is 11.9 Å². The average Bonchev–Trinajstić information content (AvgIpc) is 2.47. The van der Waals surface area contributed by atoms with Crippen LogP contribution in [0.5, 0.6) is 0 Å². The van der Waals surface area contributed by atoms with Crippen molar-refractivity contribution in [2.45, 2.75) is 12.8 Å². The van der Waals surface area contributed by atoms with Crippen LogP contribution in [-0.2, 0) is 6.42 Å². The van der Waals surface area contributed by atoms with Crippen LogP contribution in [0.25, 0.3) is 0 Å². The van der Waals surface area contributed by atoms with Gasteiger partial charge in [0.1, 0.15) is 0 Å². The van der Waals surface area contributed by atoms with Crippen molar-refractivity contribution in [3.8, 4) is 0 Å². The molecule has 3 rings (SSSR count). The number of aromatic nitrogens is 2. The number of rotatable bonds is 1. The molecule has 0 saturated heterocycles. The molecule has 96 valence electrons. The second-order valence-corrected chi connectivity index (χ2v) is 4.40. The first kappa shape index (κ1) is 11.6. The predicted octanol–water partition coefficient (Wildman–Crippen LogP) is 1.88. The molecule has 0 unspecified atom stereocenters. The number of aliphatic imine (C=N–C) groups is 1. The molecular weight excluding hydrogens is 238 g/mol. The van der Waals surface area contributed by atoms with Crippen LogP contribution in [0, 0.1) is 0 Å². The van der Waals surface area contributed by atoms with Crippen LogP contribution in [0.1, 0.15) is 12.0 Å². The maximum Gasteiger partial charge on any atom is 0.252 e. The SMILES string of the molecule is N/C(=N\c1ncccn1)N1CCCc2ccccc21.